The van der Waals surface area contributed by atoms with Gasteiger partial charge in [-0.2, -0.15) is 0 Å². The van der Waals surface area contributed by atoms with Crippen LogP contribution in [-0.4, -0.2) is 21.8 Å². The highest BCUT2D eigenvalue weighted by Gasteiger charge is 2.30. The van der Waals surface area contributed by atoms with Crippen molar-refractivity contribution in [2.24, 2.45) is 0 Å². The lowest BCUT2D eigenvalue weighted by Gasteiger charge is -2.24. The molecule has 0 fully saturated rings. The van der Waals surface area contributed by atoms with Crippen molar-refractivity contribution in [2.45, 2.75) is 25.8 Å². The van der Waals surface area contributed by atoms with Gasteiger partial charge in [0, 0.05) is 18.3 Å². The number of benzene rings is 1. The highest BCUT2D eigenvalue weighted by atomic mass is 19.1. The number of carbonyl (C=O) groups excluding carboxylic acids is 2. The Kier molecular flexibility index (Phi) is 4.01. The van der Waals surface area contributed by atoms with Crippen molar-refractivity contribution in [3.8, 4) is 0 Å². The van der Waals surface area contributed by atoms with Gasteiger partial charge < -0.3 is 10.6 Å². The van der Waals surface area contributed by atoms with Crippen LogP contribution in [0.25, 0.3) is 0 Å². The Labute approximate surface area is 132 Å². The van der Waals surface area contributed by atoms with E-state index in [2.05, 4.69) is 20.6 Å². The van der Waals surface area contributed by atoms with Gasteiger partial charge in [-0.15, -0.1) is 0 Å². The highest BCUT2D eigenvalue weighted by Crippen LogP contribution is 2.32. The number of amides is 2. The molecule has 2 N–H and O–H groups in total. The summed E-state index contributed by atoms with van der Waals surface area (Å²) in [6, 6.07) is 4.00. The number of aryl methyl sites for hydroxylation is 1. The SMILES string of the molecule is Cc1cnc(CNC(=O)[C@@H]2CC(=O)Nc3ccc(F)cc32)cn1. The van der Waals surface area contributed by atoms with E-state index in [1.54, 1.807) is 12.4 Å². The van der Waals surface area contributed by atoms with Crippen molar-refractivity contribution in [1.82, 2.24) is 15.3 Å². The summed E-state index contributed by atoms with van der Waals surface area (Å²) in [5.74, 6) is -1.76. The third-order valence-corrected chi connectivity index (χ3v) is 3.65. The molecule has 3 rings (SSSR count). The average molecular weight is 314 g/mol. The largest absolute Gasteiger partial charge is 0.350 e. The van der Waals surface area contributed by atoms with E-state index in [4.69, 9.17) is 0 Å². The summed E-state index contributed by atoms with van der Waals surface area (Å²) in [5, 5.41) is 5.37. The van der Waals surface area contributed by atoms with Gasteiger partial charge >= 0.3 is 0 Å². The van der Waals surface area contributed by atoms with Crippen molar-refractivity contribution in [3.05, 3.63) is 53.4 Å². The van der Waals surface area contributed by atoms with Crippen molar-refractivity contribution in [1.29, 1.82) is 0 Å². The molecular weight excluding hydrogens is 299 g/mol. The van der Waals surface area contributed by atoms with Crippen LogP contribution in [0, 0.1) is 12.7 Å². The second-order valence-electron chi connectivity index (χ2n) is 5.40. The molecule has 1 aromatic heterocycles. The Hall–Kier alpha value is -2.83. The van der Waals surface area contributed by atoms with Crippen molar-refractivity contribution < 1.29 is 14.0 Å². The van der Waals surface area contributed by atoms with E-state index in [1.165, 1.54) is 18.2 Å². The minimum atomic E-state index is -0.715. The zero-order valence-corrected chi connectivity index (χ0v) is 12.5. The maximum atomic E-state index is 13.5. The predicted molar refractivity (Wildman–Crippen MR) is 81.0 cm³/mol. The second-order valence-corrected chi connectivity index (χ2v) is 5.40. The summed E-state index contributed by atoms with van der Waals surface area (Å²) in [7, 11) is 0. The fraction of sp³-hybridized carbons (Fsp3) is 0.250. The summed E-state index contributed by atoms with van der Waals surface area (Å²) in [6.45, 7) is 2.02. The highest BCUT2D eigenvalue weighted by molar-refractivity contribution is 6.01. The number of carbonyl (C=O) groups is 2. The molecule has 7 heteroatoms. The van der Waals surface area contributed by atoms with Gasteiger partial charge in [-0.05, 0) is 30.7 Å². The molecule has 6 nitrogen and oxygen atoms in total. The van der Waals surface area contributed by atoms with Crippen LogP contribution in [0.4, 0.5) is 10.1 Å². The van der Waals surface area contributed by atoms with Crippen LogP contribution < -0.4 is 10.6 Å². The number of hydrogen-bond acceptors (Lipinski definition) is 4. The molecule has 0 saturated heterocycles. The van der Waals surface area contributed by atoms with Crippen molar-refractivity contribution in [3.63, 3.8) is 0 Å². The van der Waals surface area contributed by atoms with Gasteiger partial charge in [0.15, 0.2) is 0 Å². The maximum Gasteiger partial charge on any atom is 0.228 e. The van der Waals surface area contributed by atoms with Crippen LogP contribution in [0.15, 0.2) is 30.6 Å². The fourth-order valence-electron chi connectivity index (χ4n) is 2.48. The Morgan fingerprint density at radius 3 is 2.96 bits per heavy atom. The Morgan fingerprint density at radius 1 is 1.39 bits per heavy atom. The maximum absolute atomic E-state index is 13.5. The topological polar surface area (TPSA) is 84.0 Å². The lowest BCUT2D eigenvalue weighted by molar-refractivity contribution is -0.126. The zero-order valence-electron chi connectivity index (χ0n) is 12.5. The minimum absolute atomic E-state index is 0.0120. The Morgan fingerprint density at radius 2 is 2.22 bits per heavy atom. The first kappa shape index (κ1) is 15.1. The smallest absolute Gasteiger partial charge is 0.228 e. The van der Waals surface area contributed by atoms with E-state index < -0.39 is 11.7 Å². The lowest BCUT2D eigenvalue weighted by atomic mass is 9.89. The van der Waals surface area contributed by atoms with Crippen molar-refractivity contribution in [2.75, 3.05) is 5.32 Å². The van der Waals surface area contributed by atoms with E-state index in [0.29, 0.717) is 16.9 Å². The summed E-state index contributed by atoms with van der Waals surface area (Å²) >= 11 is 0. The normalized spacial score (nSPS) is 16.4. The van der Waals surface area contributed by atoms with Gasteiger partial charge in [-0.25, -0.2) is 4.39 Å². The molecule has 2 heterocycles. The van der Waals surface area contributed by atoms with E-state index >= 15 is 0 Å². The number of halogens is 1. The number of nitrogens with one attached hydrogen (secondary N) is 2. The standard InChI is InChI=1S/C16H15FN4O2/c1-9-6-19-11(7-18-9)8-20-16(23)13-5-15(22)21-14-3-2-10(17)4-12(13)14/h2-4,6-7,13H,5,8H2,1H3,(H,20,23)(H,21,22)/t13-/m1/s1. The molecule has 2 aromatic rings. The first-order valence-corrected chi connectivity index (χ1v) is 7.17. The number of anilines is 1. The first-order chi connectivity index (χ1) is 11.0. The molecule has 2 amide bonds. The molecule has 23 heavy (non-hydrogen) atoms. The molecule has 0 saturated carbocycles. The van der Waals surface area contributed by atoms with Gasteiger partial charge in [0.05, 0.1) is 30.0 Å². The molecule has 1 aromatic carbocycles. The molecular formula is C16H15FN4O2. The number of aromatic nitrogens is 2. The van der Waals surface area contributed by atoms with E-state index in [0.717, 1.165) is 5.69 Å². The molecule has 1 atom stereocenters. The monoisotopic (exact) mass is 314 g/mol. The minimum Gasteiger partial charge on any atom is -0.350 e. The fourth-order valence-corrected chi connectivity index (χ4v) is 2.48. The predicted octanol–water partition coefficient (Wildman–Crippen LogP) is 1.67. The third kappa shape index (κ3) is 3.33. The van der Waals surface area contributed by atoms with E-state index in [-0.39, 0.29) is 24.8 Å². The summed E-state index contributed by atoms with van der Waals surface area (Å²) < 4.78 is 13.5. The summed E-state index contributed by atoms with van der Waals surface area (Å²) in [6.07, 6.45) is 3.18. The quantitative estimate of drug-likeness (QED) is 0.902. The van der Waals surface area contributed by atoms with Crippen LogP contribution in [0.2, 0.25) is 0 Å². The van der Waals surface area contributed by atoms with Gasteiger partial charge in [0.1, 0.15) is 5.82 Å². The Bertz CT molecular complexity index is 761. The van der Waals surface area contributed by atoms with Crippen LogP contribution in [0.1, 0.15) is 29.3 Å². The number of hydrogen-bond donors (Lipinski definition) is 2. The molecule has 0 radical (unpaired) electrons. The molecule has 0 bridgehead atoms. The van der Waals surface area contributed by atoms with Crippen LogP contribution in [0.5, 0.6) is 0 Å². The number of rotatable bonds is 3. The zero-order chi connectivity index (χ0) is 16.4. The molecule has 0 aliphatic carbocycles. The van der Waals surface area contributed by atoms with Crippen molar-refractivity contribution >= 4 is 17.5 Å². The summed E-state index contributed by atoms with van der Waals surface area (Å²) in [5.41, 5.74) is 2.35. The average Bonchev–Trinajstić information content (AvgIpc) is 2.53. The lowest BCUT2D eigenvalue weighted by Crippen LogP contribution is -2.35. The van der Waals surface area contributed by atoms with E-state index in [1.807, 2.05) is 6.92 Å². The van der Waals surface area contributed by atoms with E-state index in [9.17, 15) is 14.0 Å². The second kappa shape index (κ2) is 6.12. The van der Waals surface area contributed by atoms with Gasteiger partial charge in [0.25, 0.3) is 0 Å². The number of fused-ring (bicyclic) bond motifs is 1. The first-order valence-electron chi connectivity index (χ1n) is 7.17. The van der Waals surface area contributed by atoms with Crippen LogP contribution >= 0.6 is 0 Å². The van der Waals surface area contributed by atoms with Gasteiger partial charge in [-0.1, -0.05) is 0 Å². The van der Waals surface area contributed by atoms with Crippen LogP contribution in [-0.2, 0) is 16.1 Å². The van der Waals surface area contributed by atoms with Crippen LogP contribution in [0.3, 0.4) is 0 Å². The Balaban J connectivity index is 1.76. The third-order valence-electron chi connectivity index (χ3n) is 3.65. The molecule has 0 unspecified atom stereocenters. The van der Waals surface area contributed by atoms with Gasteiger partial charge in [0.2, 0.25) is 11.8 Å². The van der Waals surface area contributed by atoms with Gasteiger partial charge in [-0.3, -0.25) is 19.6 Å². The molecule has 118 valence electrons. The molecule has 1 aliphatic rings. The number of nitrogens with zero attached hydrogens (tertiary/aromatic N) is 2. The molecule has 0 spiro atoms. The molecule has 1 aliphatic heterocycles. The summed E-state index contributed by atoms with van der Waals surface area (Å²) in [4.78, 5) is 32.4.